The Morgan fingerprint density at radius 3 is 2.52 bits per heavy atom. The lowest BCUT2D eigenvalue weighted by Gasteiger charge is -2.12. The lowest BCUT2D eigenvalue weighted by Crippen LogP contribution is -2.43. The van der Waals surface area contributed by atoms with E-state index in [1.165, 1.54) is 13.0 Å². The van der Waals surface area contributed by atoms with Gasteiger partial charge < -0.3 is 30.4 Å². The van der Waals surface area contributed by atoms with E-state index in [-0.39, 0.29) is 40.6 Å². The number of carboxylic acid groups (broad SMARTS) is 1. The summed E-state index contributed by atoms with van der Waals surface area (Å²) in [5.41, 5.74) is 5.34. The number of hydrogen-bond acceptors (Lipinski definition) is 7. The average molecular weight is 372 g/mol. The van der Waals surface area contributed by atoms with Crippen LogP contribution in [0.5, 0.6) is 11.5 Å². The molecule has 0 saturated carbocycles. The van der Waals surface area contributed by atoms with Crippen LogP contribution in [0.25, 0.3) is 21.7 Å². The Kier molecular flexibility index (Phi) is 4.70. The molecule has 0 aliphatic rings. The van der Waals surface area contributed by atoms with Crippen LogP contribution in [-0.4, -0.2) is 40.6 Å². The summed E-state index contributed by atoms with van der Waals surface area (Å²) < 4.78 is 10.7. The number of carbonyl (C=O) groups excluding carboxylic acids is 2. The quantitative estimate of drug-likeness (QED) is 0.496. The minimum atomic E-state index is -1.28. The first-order valence-corrected chi connectivity index (χ1v) is 7.91. The third kappa shape index (κ3) is 3.40. The first-order chi connectivity index (χ1) is 12.8. The molecule has 1 aromatic heterocycles. The molecule has 0 saturated heterocycles. The molecule has 1 atom stereocenters. The standard InChI is InChI=1S/C18H16N2O7/c1-8(21)13-6-11-15(27-18(25)20-7-12(19)17(23)24)10-5-3-2-4-9(10)14(22)16(11)26-13/h2-6,12,22H,7,19H2,1H3,(H,20,25)(H,23,24)/t12-/m0/s1. The van der Waals surface area contributed by atoms with E-state index in [9.17, 15) is 19.5 Å². The second-order valence-corrected chi connectivity index (χ2v) is 5.85. The third-order valence-corrected chi connectivity index (χ3v) is 3.94. The van der Waals surface area contributed by atoms with Gasteiger partial charge in [0.1, 0.15) is 6.04 Å². The number of hydrogen-bond donors (Lipinski definition) is 4. The maximum Gasteiger partial charge on any atom is 0.412 e. The summed E-state index contributed by atoms with van der Waals surface area (Å²) in [5.74, 6) is -1.76. The number of fused-ring (bicyclic) bond motifs is 2. The van der Waals surface area contributed by atoms with Crippen molar-refractivity contribution in [2.45, 2.75) is 13.0 Å². The number of carbonyl (C=O) groups is 3. The van der Waals surface area contributed by atoms with Crippen LogP contribution in [0.3, 0.4) is 0 Å². The SMILES string of the molecule is CC(=O)c1cc2c(OC(=O)NC[C@H](N)C(=O)O)c3ccccc3c(O)c2o1. The zero-order chi connectivity index (χ0) is 19.7. The van der Waals surface area contributed by atoms with Crippen molar-refractivity contribution < 1.29 is 33.8 Å². The minimum Gasteiger partial charge on any atom is -0.504 e. The first kappa shape index (κ1) is 18.2. The molecule has 1 heterocycles. The fraction of sp³-hybridized carbons (Fsp3) is 0.167. The summed E-state index contributed by atoms with van der Waals surface area (Å²) in [4.78, 5) is 34.5. The minimum absolute atomic E-state index is 0.00365. The molecule has 2 aromatic carbocycles. The molecule has 0 aliphatic carbocycles. The largest absolute Gasteiger partial charge is 0.504 e. The van der Waals surface area contributed by atoms with Gasteiger partial charge in [-0.1, -0.05) is 24.3 Å². The van der Waals surface area contributed by atoms with Gasteiger partial charge in [0, 0.05) is 24.2 Å². The van der Waals surface area contributed by atoms with Crippen LogP contribution in [0.1, 0.15) is 17.5 Å². The van der Waals surface area contributed by atoms with E-state index in [0.29, 0.717) is 10.8 Å². The van der Waals surface area contributed by atoms with Crippen LogP contribution < -0.4 is 15.8 Å². The van der Waals surface area contributed by atoms with E-state index < -0.39 is 18.1 Å². The highest BCUT2D eigenvalue weighted by atomic mass is 16.6. The van der Waals surface area contributed by atoms with Crippen LogP contribution in [0.2, 0.25) is 0 Å². The first-order valence-electron chi connectivity index (χ1n) is 7.91. The molecule has 0 spiro atoms. The maximum atomic E-state index is 12.1. The number of nitrogens with one attached hydrogen (secondary N) is 1. The van der Waals surface area contributed by atoms with Gasteiger partial charge in [0.15, 0.2) is 28.6 Å². The highest BCUT2D eigenvalue weighted by molar-refractivity contribution is 6.11. The zero-order valence-corrected chi connectivity index (χ0v) is 14.2. The molecule has 3 rings (SSSR count). The molecule has 5 N–H and O–H groups in total. The lowest BCUT2D eigenvalue weighted by atomic mass is 10.1. The van der Waals surface area contributed by atoms with Gasteiger partial charge in [-0.25, -0.2) is 4.79 Å². The van der Waals surface area contributed by atoms with E-state index in [2.05, 4.69) is 5.32 Å². The number of phenols is 1. The topological polar surface area (TPSA) is 152 Å². The number of carboxylic acids is 1. The van der Waals surface area contributed by atoms with Crippen LogP contribution in [0.15, 0.2) is 34.7 Å². The van der Waals surface area contributed by atoms with Crippen molar-refractivity contribution in [3.05, 3.63) is 36.1 Å². The zero-order valence-electron chi connectivity index (χ0n) is 14.2. The second-order valence-electron chi connectivity index (χ2n) is 5.85. The van der Waals surface area contributed by atoms with Crippen molar-refractivity contribution in [1.29, 1.82) is 0 Å². The predicted octanol–water partition coefficient (Wildman–Crippen LogP) is 1.99. The number of aliphatic carboxylic acids is 1. The van der Waals surface area contributed by atoms with Gasteiger partial charge in [-0.15, -0.1) is 0 Å². The average Bonchev–Trinajstić information content (AvgIpc) is 3.09. The van der Waals surface area contributed by atoms with E-state index in [1.54, 1.807) is 24.3 Å². The molecule has 0 unspecified atom stereocenters. The number of Topliss-reactive ketones (excluding diaryl/α,β-unsaturated/α-hetero) is 1. The summed E-state index contributed by atoms with van der Waals surface area (Å²) >= 11 is 0. The number of nitrogens with two attached hydrogens (primary N) is 1. The number of phenolic OH excluding ortho intramolecular Hbond substituents is 1. The molecule has 9 nitrogen and oxygen atoms in total. The van der Waals surface area contributed by atoms with E-state index in [0.717, 1.165) is 0 Å². The molecule has 140 valence electrons. The van der Waals surface area contributed by atoms with E-state index in [4.69, 9.17) is 20.0 Å². The molecule has 0 bridgehead atoms. The summed E-state index contributed by atoms with van der Waals surface area (Å²) in [6.45, 7) is 0.965. The number of ketones is 1. The Morgan fingerprint density at radius 2 is 1.89 bits per heavy atom. The highest BCUT2D eigenvalue weighted by Gasteiger charge is 2.22. The van der Waals surface area contributed by atoms with Crippen molar-refractivity contribution in [3.8, 4) is 11.5 Å². The number of aromatic hydroxyl groups is 1. The van der Waals surface area contributed by atoms with Crippen molar-refractivity contribution in [1.82, 2.24) is 5.32 Å². The Morgan fingerprint density at radius 1 is 1.22 bits per heavy atom. The molecule has 0 aliphatic heterocycles. The molecular weight excluding hydrogens is 356 g/mol. The molecule has 27 heavy (non-hydrogen) atoms. The predicted molar refractivity (Wildman–Crippen MR) is 95.0 cm³/mol. The van der Waals surface area contributed by atoms with Crippen LogP contribution >= 0.6 is 0 Å². The Labute approximate surface area is 152 Å². The number of rotatable bonds is 5. The molecular formula is C18H16N2O7. The fourth-order valence-electron chi connectivity index (χ4n) is 2.58. The highest BCUT2D eigenvalue weighted by Crippen LogP contribution is 2.43. The number of benzene rings is 2. The summed E-state index contributed by atoms with van der Waals surface area (Å²) in [5, 5.41) is 22.5. The number of ether oxygens (including phenoxy) is 1. The van der Waals surface area contributed by atoms with Crippen LogP contribution in [-0.2, 0) is 4.79 Å². The lowest BCUT2D eigenvalue weighted by molar-refractivity contribution is -0.138. The Hall–Kier alpha value is -3.59. The van der Waals surface area contributed by atoms with Crippen molar-refractivity contribution in [3.63, 3.8) is 0 Å². The van der Waals surface area contributed by atoms with Gasteiger partial charge in [-0.3, -0.25) is 9.59 Å². The molecule has 3 aromatic rings. The van der Waals surface area contributed by atoms with Gasteiger partial charge in [0.25, 0.3) is 0 Å². The van der Waals surface area contributed by atoms with Gasteiger partial charge >= 0.3 is 12.1 Å². The third-order valence-electron chi connectivity index (χ3n) is 3.94. The van der Waals surface area contributed by atoms with E-state index in [1.807, 2.05) is 0 Å². The molecule has 9 heteroatoms. The summed E-state index contributed by atoms with van der Waals surface area (Å²) in [6, 6.07) is 6.68. The van der Waals surface area contributed by atoms with Crippen molar-refractivity contribution >= 4 is 39.6 Å². The van der Waals surface area contributed by atoms with Crippen LogP contribution in [0.4, 0.5) is 4.79 Å². The second kappa shape index (κ2) is 6.96. The number of furan rings is 1. The van der Waals surface area contributed by atoms with Gasteiger partial charge in [0.2, 0.25) is 0 Å². The molecule has 0 radical (unpaired) electrons. The maximum absolute atomic E-state index is 12.1. The molecule has 1 amide bonds. The van der Waals surface area contributed by atoms with E-state index >= 15 is 0 Å². The smallest absolute Gasteiger partial charge is 0.412 e. The number of amides is 1. The normalized spacial score (nSPS) is 12.1. The van der Waals surface area contributed by atoms with Crippen molar-refractivity contribution in [2.24, 2.45) is 5.73 Å². The Bertz CT molecular complexity index is 1070. The molecule has 0 fully saturated rings. The Balaban J connectivity index is 2.06. The monoisotopic (exact) mass is 372 g/mol. The van der Waals surface area contributed by atoms with Crippen molar-refractivity contribution in [2.75, 3.05) is 6.54 Å². The summed E-state index contributed by atoms with van der Waals surface area (Å²) in [6.07, 6.45) is -0.936. The fourth-order valence-corrected chi connectivity index (χ4v) is 2.58. The van der Waals surface area contributed by atoms with Gasteiger partial charge in [-0.2, -0.15) is 0 Å². The van der Waals surface area contributed by atoms with Gasteiger partial charge in [0.05, 0.1) is 5.39 Å². The van der Waals surface area contributed by atoms with Gasteiger partial charge in [-0.05, 0) is 6.07 Å². The van der Waals surface area contributed by atoms with Crippen LogP contribution in [0, 0.1) is 0 Å². The summed E-state index contributed by atoms with van der Waals surface area (Å²) in [7, 11) is 0.